The van der Waals surface area contributed by atoms with Gasteiger partial charge in [0.25, 0.3) is 5.91 Å². The Labute approximate surface area is 140 Å². The summed E-state index contributed by atoms with van der Waals surface area (Å²) in [5, 5.41) is 3.46. The minimum Gasteiger partial charge on any atom is -0.300 e. The minimum atomic E-state index is -0.0981. The summed E-state index contributed by atoms with van der Waals surface area (Å²) in [4.78, 5) is 17.3. The predicted molar refractivity (Wildman–Crippen MR) is 97.9 cm³/mol. The number of aryl methyl sites for hydroxylation is 3. The van der Waals surface area contributed by atoms with Crippen molar-refractivity contribution in [3.8, 4) is 0 Å². The fourth-order valence-electron chi connectivity index (χ4n) is 2.33. The van der Waals surface area contributed by atoms with Crippen LogP contribution in [-0.2, 0) is 4.79 Å². The van der Waals surface area contributed by atoms with Gasteiger partial charge in [-0.15, -0.1) is 0 Å². The van der Waals surface area contributed by atoms with Crippen LogP contribution in [0.1, 0.15) is 22.3 Å². The van der Waals surface area contributed by atoms with Crippen LogP contribution in [0, 0.1) is 20.8 Å². The number of hydrogen-bond donors (Lipinski definition) is 1. The van der Waals surface area contributed by atoms with Gasteiger partial charge in [0.05, 0.1) is 10.6 Å². The van der Waals surface area contributed by atoms with Crippen molar-refractivity contribution in [1.29, 1.82) is 0 Å². The normalized spacial score (nSPS) is 17.8. The Kier molecular flexibility index (Phi) is 4.35. The number of thioether (sulfide) groups is 1. The first kappa shape index (κ1) is 15.6. The van der Waals surface area contributed by atoms with Crippen LogP contribution in [0.4, 0.5) is 5.69 Å². The zero-order valence-corrected chi connectivity index (χ0v) is 14.2. The highest BCUT2D eigenvalue weighted by Gasteiger charge is 2.23. The maximum Gasteiger partial charge on any atom is 0.264 e. The summed E-state index contributed by atoms with van der Waals surface area (Å²) in [6.45, 7) is 6.12. The zero-order chi connectivity index (χ0) is 16.4. The monoisotopic (exact) mass is 322 g/mol. The Morgan fingerprint density at radius 1 is 1.00 bits per heavy atom. The van der Waals surface area contributed by atoms with Gasteiger partial charge in [0.1, 0.15) is 0 Å². The largest absolute Gasteiger partial charge is 0.300 e. The van der Waals surface area contributed by atoms with Crippen LogP contribution in [0.25, 0.3) is 6.08 Å². The molecule has 1 saturated heterocycles. The topological polar surface area (TPSA) is 41.5 Å². The molecular weight excluding hydrogens is 304 g/mol. The molecule has 23 heavy (non-hydrogen) atoms. The van der Waals surface area contributed by atoms with Gasteiger partial charge in [0.2, 0.25) is 0 Å². The molecule has 0 saturated carbocycles. The molecule has 1 aliphatic heterocycles. The lowest BCUT2D eigenvalue weighted by Gasteiger charge is -2.02. The molecular formula is C19H18N2OS. The number of hydrogen-bond acceptors (Lipinski definition) is 3. The van der Waals surface area contributed by atoms with E-state index in [1.807, 2.05) is 56.3 Å². The van der Waals surface area contributed by atoms with Crippen LogP contribution in [0.2, 0.25) is 0 Å². The molecule has 1 fully saturated rings. The second-order valence-corrected chi connectivity index (χ2v) is 6.71. The highest BCUT2D eigenvalue weighted by atomic mass is 32.2. The number of nitrogens with zero attached hydrogens (tertiary/aromatic N) is 1. The molecule has 1 heterocycles. The van der Waals surface area contributed by atoms with Crippen LogP contribution in [-0.4, -0.2) is 11.1 Å². The second kappa shape index (κ2) is 6.42. The van der Waals surface area contributed by atoms with Gasteiger partial charge in [-0.2, -0.15) is 0 Å². The van der Waals surface area contributed by atoms with E-state index in [2.05, 4.69) is 23.3 Å². The number of nitrogens with one attached hydrogen (secondary N) is 1. The van der Waals surface area contributed by atoms with Gasteiger partial charge in [0, 0.05) is 0 Å². The lowest BCUT2D eigenvalue weighted by Crippen LogP contribution is -2.19. The molecule has 1 aliphatic rings. The van der Waals surface area contributed by atoms with Crippen molar-refractivity contribution in [2.75, 3.05) is 0 Å². The Bertz CT molecular complexity index is 820. The van der Waals surface area contributed by atoms with E-state index in [9.17, 15) is 4.79 Å². The van der Waals surface area contributed by atoms with Crippen LogP contribution in [0.15, 0.2) is 52.4 Å². The summed E-state index contributed by atoms with van der Waals surface area (Å²) in [5.41, 5.74) is 5.40. The van der Waals surface area contributed by atoms with Gasteiger partial charge in [-0.1, -0.05) is 47.5 Å². The van der Waals surface area contributed by atoms with Crippen molar-refractivity contribution in [3.05, 3.63) is 69.6 Å². The number of carbonyl (C=O) groups is 1. The van der Waals surface area contributed by atoms with Gasteiger partial charge in [0.15, 0.2) is 5.17 Å². The van der Waals surface area contributed by atoms with Crippen molar-refractivity contribution in [3.63, 3.8) is 0 Å². The van der Waals surface area contributed by atoms with E-state index >= 15 is 0 Å². The number of amidine groups is 1. The first-order valence-electron chi connectivity index (χ1n) is 7.45. The summed E-state index contributed by atoms with van der Waals surface area (Å²) >= 11 is 1.38. The Hall–Kier alpha value is -2.33. The number of carbonyl (C=O) groups excluding carboxylic acids is 1. The molecule has 0 bridgehead atoms. The van der Waals surface area contributed by atoms with Crippen molar-refractivity contribution < 1.29 is 4.79 Å². The van der Waals surface area contributed by atoms with E-state index in [0.29, 0.717) is 10.1 Å². The maximum atomic E-state index is 12.1. The van der Waals surface area contributed by atoms with E-state index in [1.54, 1.807) is 0 Å². The summed E-state index contributed by atoms with van der Waals surface area (Å²) in [7, 11) is 0. The first-order valence-corrected chi connectivity index (χ1v) is 8.26. The molecule has 0 atom stereocenters. The lowest BCUT2D eigenvalue weighted by molar-refractivity contribution is -0.115. The van der Waals surface area contributed by atoms with Gasteiger partial charge in [-0.3, -0.25) is 4.79 Å². The molecule has 1 N–H and O–H groups in total. The molecule has 3 rings (SSSR count). The molecule has 0 unspecified atom stereocenters. The fourth-order valence-corrected chi connectivity index (χ4v) is 3.17. The average molecular weight is 322 g/mol. The molecule has 2 aromatic carbocycles. The second-order valence-electron chi connectivity index (χ2n) is 5.68. The summed E-state index contributed by atoms with van der Waals surface area (Å²) in [6.07, 6.45) is 1.89. The molecule has 116 valence electrons. The van der Waals surface area contributed by atoms with Crippen LogP contribution >= 0.6 is 11.8 Å². The van der Waals surface area contributed by atoms with E-state index < -0.39 is 0 Å². The van der Waals surface area contributed by atoms with Gasteiger partial charge in [-0.05, 0) is 55.8 Å². The number of amides is 1. The third-order valence-electron chi connectivity index (χ3n) is 3.60. The van der Waals surface area contributed by atoms with Crippen molar-refractivity contribution >= 4 is 34.6 Å². The van der Waals surface area contributed by atoms with Gasteiger partial charge in [-0.25, -0.2) is 4.99 Å². The number of rotatable bonds is 2. The number of aliphatic imine (C=N–C) groups is 1. The van der Waals surface area contributed by atoms with Crippen LogP contribution in [0.5, 0.6) is 0 Å². The molecule has 0 spiro atoms. The SMILES string of the molecule is Cc1ccc(/C=C2/SC(=Nc3ccc(C)cc3C)NC2=O)cc1. The highest BCUT2D eigenvalue weighted by molar-refractivity contribution is 8.18. The minimum absolute atomic E-state index is 0.0981. The molecule has 0 aromatic heterocycles. The van der Waals surface area contributed by atoms with Crippen molar-refractivity contribution in [1.82, 2.24) is 5.32 Å². The standard InChI is InChI=1S/C19H18N2OS/c1-12-4-7-15(8-5-12)11-17-18(22)21-19(23-17)20-16-9-6-13(2)10-14(16)3/h4-11H,1-3H3,(H,20,21,22)/b17-11+. The lowest BCUT2D eigenvalue weighted by atomic mass is 10.1. The molecule has 2 aromatic rings. The van der Waals surface area contributed by atoms with Crippen molar-refractivity contribution in [2.24, 2.45) is 4.99 Å². The highest BCUT2D eigenvalue weighted by Crippen LogP contribution is 2.29. The third kappa shape index (κ3) is 3.71. The first-order chi connectivity index (χ1) is 11.0. The Balaban J connectivity index is 1.84. The summed E-state index contributed by atoms with van der Waals surface area (Å²) < 4.78 is 0. The fraction of sp³-hybridized carbons (Fsp3) is 0.158. The van der Waals surface area contributed by atoms with E-state index in [1.165, 1.54) is 22.9 Å². The smallest absolute Gasteiger partial charge is 0.264 e. The van der Waals surface area contributed by atoms with Crippen molar-refractivity contribution in [2.45, 2.75) is 20.8 Å². The van der Waals surface area contributed by atoms with Crippen LogP contribution < -0.4 is 5.32 Å². The van der Waals surface area contributed by atoms with Gasteiger partial charge < -0.3 is 5.32 Å². The van der Waals surface area contributed by atoms with Gasteiger partial charge >= 0.3 is 0 Å². The van der Waals surface area contributed by atoms with E-state index in [0.717, 1.165) is 16.8 Å². The molecule has 3 nitrogen and oxygen atoms in total. The molecule has 4 heteroatoms. The summed E-state index contributed by atoms with van der Waals surface area (Å²) in [5.74, 6) is -0.0981. The van der Waals surface area contributed by atoms with E-state index in [-0.39, 0.29) is 5.91 Å². The average Bonchev–Trinajstić information content (AvgIpc) is 2.84. The third-order valence-corrected chi connectivity index (χ3v) is 4.51. The van der Waals surface area contributed by atoms with E-state index in [4.69, 9.17) is 0 Å². The Morgan fingerprint density at radius 3 is 2.39 bits per heavy atom. The summed E-state index contributed by atoms with van der Waals surface area (Å²) in [6, 6.07) is 14.2. The number of benzene rings is 2. The Morgan fingerprint density at radius 2 is 1.70 bits per heavy atom. The zero-order valence-electron chi connectivity index (χ0n) is 13.4. The van der Waals surface area contributed by atoms with Crippen LogP contribution in [0.3, 0.4) is 0 Å². The predicted octanol–water partition coefficient (Wildman–Crippen LogP) is 4.50. The molecule has 0 aliphatic carbocycles. The quantitative estimate of drug-likeness (QED) is 0.827. The maximum absolute atomic E-state index is 12.1. The molecule has 0 radical (unpaired) electrons. The molecule has 1 amide bonds.